The predicted octanol–water partition coefficient (Wildman–Crippen LogP) is 4.07. The molecule has 0 aromatic heterocycles. The Kier molecular flexibility index (Phi) is 4.18. The van der Waals surface area contributed by atoms with Gasteiger partial charge in [0.25, 0.3) is 0 Å². The molecule has 0 aliphatic rings. The van der Waals surface area contributed by atoms with Crippen LogP contribution < -0.4 is 10.6 Å². The number of rotatable bonds is 3. The summed E-state index contributed by atoms with van der Waals surface area (Å²) in [5.41, 5.74) is 5.70. The molecule has 0 saturated carbocycles. The van der Waals surface area contributed by atoms with Crippen molar-refractivity contribution < 1.29 is 17.6 Å². The van der Waals surface area contributed by atoms with Crippen molar-refractivity contribution >= 4 is 11.4 Å². The van der Waals surface area contributed by atoms with Gasteiger partial charge in [0.15, 0.2) is 0 Å². The molecule has 0 radical (unpaired) electrons. The molecule has 0 bridgehead atoms. The number of alkyl halides is 3. The van der Waals surface area contributed by atoms with Crippen molar-refractivity contribution in [2.75, 3.05) is 11.9 Å². The van der Waals surface area contributed by atoms with Crippen LogP contribution in [0.15, 0.2) is 42.5 Å². The van der Waals surface area contributed by atoms with Crippen LogP contribution in [-0.2, 0) is 12.7 Å². The van der Waals surface area contributed by atoms with E-state index in [1.165, 1.54) is 30.3 Å². The lowest BCUT2D eigenvalue weighted by Crippen LogP contribution is -2.15. The minimum absolute atomic E-state index is 0.00301. The normalized spacial score (nSPS) is 11.5. The van der Waals surface area contributed by atoms with E-state index in [0.29, 0.717) is 11.4 Å². The van der Waals surface area contributed by atoms with E-state index < -0.39 is 17.6 Å². The average molecular weight is 298 g/mol. The molecule has 0 fully saturated rings. The Balaban J connectivity index is 2.41. The van der Waals surface area contributed by atoms with E-state index in [0.717, 1.165) is 6.07 Å². The molecule has 2 aromatic rings. The van der Waals surface area contributed by atoms with Crippen molar-refractivity contribution in [2.45, 2.75) is 12.7 Å². The SMILES string of the molecule is CN(c1cccc(F)c1)c1ccc(C(F)(F)F)c(CN)c1. The van der Waals surface area contributed by atoms with Crippen LogP contribution in [0, 0.1) is 5.82 Å². The van der Waals surface area contributed by atoms with Gasteiger partial charge in [0.2, 0.25) is 0 Å². The first-order chi connectivity index (χ1) is 9.82. The minimum Gasteiger partial charge on any atom is -0.345 e. The Hall–Kier alpha value is -2.08. The lowest BCUT2D eigenvalue weighted by Gasteiger charge is -2.22. The van der Waals surface area contributed by atoms with Crippen LogP contribution in [0.3, 0.4) is 0 Å². The van der Waals surface area contributed by atoms with Crippen molar-refractivity contribution in [1.82, 2.24) is 0 Å². The molecule has 0 amide bonds. The van der Waals surface area contributed by atoms with E-state index in [1.807, 2.05) is 0 Å². The van der Waals surface area contributed by atoms with Crippen molar-refractivity contribution in [1.29, 1.82) is 0 Å². The Morgan fingerprint density at radius 1 is 1.05 bits per heavy atom. The highest BCUT2D eigenvalue weighted by molar-refractivity contribution is 5.63. The summed E-state index contributed by atoms with van der Waals surface area (Å²) in [5, 5.41) is 0. The summed E-state index contributed by atoms with van der Waals surface area (Å²) < 4.78 is 51.7. The molecule has 0 aliphatic heterocycles. The van der Waals surface area contributed by atoms with E-state index in [2.05, 4.69) is 0 Å². The summed E-state index contributed by atoms with van der Waals surface area (Å²) in [7, 11) is 1.65. The highest BCUT2D eigenvalue weighted by atomic mass is 19.4. The highest BCUT2D eigenvalue weighted by Gasteiger charge is 2.33. The summed E-state index contributed by atoms with van der Waals surface area (Å²) in [6.45, 7) is -0.223. The molecule has 0 spiro atoms. The summed E-state index contributed by atoms with van der Waals surface area (Å²) in [6, 6.07) is 9.51. The smallest absolute Gasteiger partial charge is 0.345 e. The van der Waals surface area contributed by atoms with Crippen LogP contribution in [-0.4, -0.2) is 7.05 Å². The minimum atomic E-state index is -4.44. The maximum atomic E-state index is 13.2. The number of benzene rings is 2. The maximum Gasteiger partial charge on any atom is 0.416 e. The highest BCUT2D eigenvalue weighted by Crippen LogP contribution is 2.35. The number of hydrogen-bond donors (Lipinski definition) is 1. The second-order valence-electron chi connectivity index (χ2n) is 4.58. The standard InChI is InChI=1S/C15H14F4N2/c1-21(12-4-2-3-11(16)8-12)13-5-6-14(15(17,18)19)10(7-13)9-20/h2-8H,9,20H2,1H3. The lowest BCUT2D eigenvalue weighted by molar-refractivity contribution is -0.138. The largest absolute Gasteiger partial charge is 0.416 e. The van der Waals surface area contributed by atoms with Crippen LogP contribution >= 0.6 is 0 Å². The molecule has 0 atom stereocenters. The second kappa shape index (κ2) is 5.73. The van der Waals surface area contributed by atoms with E-state index in [4.69, 9.17) is 5.73 Å². The predicted molar refractivity (Wildman–Crippen MR) is 73.8 cm³/mol. The van der Waals surface area contributed by atoms with Crippen molar-refractivity contribution in [3.8, 4) is 0 Å². The lowest BCUT2D eigenvalue weighted by atomic mass is 10.1. The van der Waals surface area contributed by atoms with Gasteiger partial charge in [-0.1, -0.05) is 6.07 Å². The first kappa shape index (κ1) is 15.3. The van der Waals surface area contributed by atoms with Gasteiger partial charge in [-0.05, 0) is 42.0 Å². The summed E-state index contributed by atoms with van der Waals surface area (Å²) >= 11 is 0. The Morgan fingerprint density at radius 3 is 2.29 bits per heavy atom. The topological polar surface area (TPSA) is 29.3 Å². The number of nitrogens with zero attached hydrogens (tertiary/aromatic N) is 1. The number of hydrogen-bond acceptors (Lipinski definition) is 2. The number of nitrogens with two attached hydrogens (primary N) is 1. The van der Waals surface area contributed by atoms with Gasteiger partial charge in [0.05, 0.1) is 5.56 Å². The van der Waals surface area contributed by atoms with Gasteiger partial charge >= 0.3 is 6.18 Å². The molecule has 0 heterocycles. The Labute approximate surface area is 119 Å². The monoisotopic (exact) mass is 298 g/mol. The van der Waals surface area contributed by atoms with Gasteiger partial charge in [-0.15, -0.1) is 0 Å². The third-order valence-corrected chi connectivity index (χ3v) is 3.20. The number of halogens is 4. The third-order valence-electron chi connectivity index (χ3n) is 3.20. The van der Waals surface area contributed by atoms with Crippen LogP contribution in [0.4, 0.5) is 28.9 Å². The molecular weight excluding hydrogens is 284 g/mol. The molecular formula is C15H14F4N2. The fourth-order valence-corrected chi connectivity index (χ4v) is 2.07. The van der Waals surface area contributed by atoms with Crippen LogP contribution in [0.25, 0.3) is 0 Å². The molecule has 21 heavy (non-hydrogen) atoms. The van der Waals surface area contributed by atoms with E-state index in [1.54, 1.807) is 18.0 Å². The second-order valence-corrected chi connectivity index (χ2v) is 4.58. The molecule has 2 nitrogen and oxygen atoms in total. The molecule has 6 heteroatoms. The zero-order valence-electron chi connectivity index (χ0n) is 11.3. The van der Waals surface area contributed by atoms with Gasteiger partial charge in [-0.2, -0.15) is 13.2 Å². The van der Waals surface area contributed by atoms with E-state index in [-0.39, 0.29) is 12.1 Å². The summed E-state index contributed by atoms with van der Waals surface area (Å²) in [4.78, 5) is 1.60. The zero-order chi connectivity index (χ0) is 15.6. The number of anilines is 2. The van der Waals surface area contributed by atoms with Gasteiger partial charge in [0.1, 0.15) is 5.82 Å². The van der Waals surface area contributed by atoms with Crippen molar-refractivity contribution in [2.24, 2.45) is 5.73 Å². The van der Waals surface area contributed by atoms with Crippen molar-refractivity contribution in [3.05, 3.63) is 59.4 Å². The van der Waals surface area contributed by atoms with Crippen LogP contribution in [0.2, 0.25) is 0 Å². The molecule has 2 aromatic carbocycles. The summed E-state index contributed by atoms with van der Waals surface area (Å²) in [5.74, 6) is -0.412. The van der Waals surface area contributed by atoms with E-state index >= 15 is 0 Å². The first-order valence-electron chi connectivity index (χ1n) is 6.22. The fourth-order valence-electron chi connectivity index (χ4n) is 2.07. The molecule has 112 valence electrons. The van der Waals surface area contributed by atoms with Gasteiger partial charge < -0.3 is 10.6 Å². The van der Waals surface area contributed by atoms with Crippen molar-refractivity contribution in [3.63, 3.8) is 0 Å². The maximum absolute atomic E-state index is 13.2. The molecule has 2 rings (SSSR count). The average Bonchev–Trinajstić information content (AvgIpc) is 2.44. The first-order valence-corrected chi connectivity index (χ1v) is 6.22. The van der Waals surface area contributed by atoms with Crippen LogP contribution in [0.5, 0.6) is 0 Å². The van der Waals surface area contributed by atoms with E-state index in [9.17, 15) is 17.6 Å². The molecule has 0 saturated heterocycles. The Morgan fingerprint density at radius 2 is 1.71 bits per heavy atom. The third kappa shape index (κ3) is 3.33. The van der Waals surface area contributed by atoms with Crippen LogP contribution in [0.1, 0.15) is 11.1 Å². The molecule has 0 unspecified atom stereocenters. The van der Waals surface area contributed by atoms with Gasteiger partial charge in [0, 0.05) is 25.0 Å². The zero-order valence-corrected chi connectivity index (χ0v) is 11.3. The Bertz CT molecular complexity index is 638. The summed E-state index contributed by atoms with van der Waals surface area (Å²) in [6.07, 6.45) is -4.44. The molecule has 2 N–H and O–H groups in total. The fraction of sp³-hybridized carbons (Fsp3) is 0.200. The van der Waals surface area contributed by atoms with Gasteiger partial charge in [-0.3, -0.25) is 0 Å². The van der Waals surface area contributed by atoms with Gasteiger partial charge in [-0.25, -0.2) is 4.39 Å². The molecule has 0 aliphatic carbocycles. The quantitative estimate of drug-likeness (QED) is 0.865.